The molecule has 2 aliphatic rings. The standard InChI is InChI=1S/C23H22FNO4/c1-14-7-9-15(10-8-14)21(26)19-20(16-4-2-5-17(24)12-16)25(23(28)22(19)27)13-18-6-3-11-29-18/h2,4-5,7-10,12,18,20,26H,3,6,11,13H2,1H3/t18-,20+/m1/s1. The van der Waals surface area contributed by atoms with E-state index in [9.17, 15) is 19.1 Å². The van der Waals surface area contributed by atoms with Gasteiger partial charge in [-0.25, -0.2) is 4.39 Å². The maximum absolute atomic E-state index is 14.0. The molecule has 1 N–H and O–H groups in total. The zero-order valence-electron chi connectivity index (χ0n) is 16.1. The van der Waals surface area contributed by atoms with Crippen LogP contribution in [0, 0.1) is 12.7 Å². The van der Waals surface area contributed by atoms with Gasteiger partial charge in [0.2, 0.25) is 0 Å². The van der Waals surface area contributed by atoms with E-state index in [1.54, 1.807) is 18.2 Å². The quantitative estimate of drug-likeness (QED) is 0.487. The van der Waals surface area contributed by atoms with Crippen molar-refractivity contribution in [1.82, 2.24) is 4.90 Å². The van der Waals surface area contributed by atoms with Gasteiger partial charge in [0.15, 0.2) is 0 Å². The second kappa shape index (κ2) is 7.79. The minimum atomic E-state index is -0.865. The number of nitrogens with zero attached hydrogens (tertiary/aromatic N) is 1. The molecule has 0 aromatic heterocycles. The van der Waals surface area contributed by atoms with Gasteiger partial charge in [0.25, 0.3) is 11.7 Å². The van der Waals surface area contributed by atoms with Gasteiger partial charge in [0.05, 0.1) is 17.7 Å². The van der Waals surface area contributed by atoms with E-state index in [1.165, 1.54) is 23.1 Å². The van der Waals surface area contributed by atoms with E-state index in [0.29, 0.717) is 17.7 Å². The van der Waals surface area contributed by atoms with Crippen molar-refractivity contribution < 1.29 is 23.8 Å². The van der Waals surface area contributed by atoms with E-state index >= 15 is 0 Å². The van der Waals surface area contributed by atoms with Crippen LogP contribution in [0.4, 0.5) is 4.39 Å². The van der Waals surface area contributed by atoms with Crippen LogP contribution in [0.15, 0.2) is 54.1 Å². The van der Waals surface area contributed by atoms with Crippen LogP contribution >= 0.6 is 0 Å². The van der Waals surface area contributed by atoms with Crippen LogP contribution in [0.5, 0.6) is 0 Å². The number of aryl methyl sites for hydroxylation is 1. The minimum absolute atomic E-state index is 0.0255. The van der Waals surface area contributed by atoms with Crippen LogP contribution < -0.4 is 0 Å². The number of Topliss-reactive ketones (excluding diaryl/α,β-unsaturated/α-hetero) is 1. The molecular formula is C23H22FNO4. The number of aliphatic hydroxyl groups excluding tert-OH is 1. The average molecular weight is 395 g/mol. The molecule has 6 heteroatoms. The molecule has 2 fully saturated rings. The molecule has 2 saturated heterocycles. The molecule has 2 aromatic carbocycles. The highest BCUT2D eigenvalue weighted by Crippen LogP contribution is 2.40. The van der Waals surface area contributed by atoms with Gasteiger partial charge in [-0.2, -0.15) is 0 Å². The lowest BCUT2D eigenvalue weighted by Crippen LogP contribution is -2.36. The first-order valence-corrected chi connectivity index (χ1v) is 9.68. The Labute approximate surface area is 168 Å². The van der Waals surface area contributed by atoms with Crippen LogP contribution in [0.25, 0.3) is 5.76 Å². The van der Waals surface area contributed by atoms with Crippen LogP contribution in [0.3, 0.4) is 0 Å². The summed E-state index contributed by atoms with van der Waals surface area (Å²) in [5, 5.41) is 10.9. The van der Waals surface area contributed by atoms with Crippen molar-refractivity contribution in [1.29, 1.82) is 0 Å². The molecule has 0 saturated carbocycles. The molecule has 4 rings (SSSR count). The molecule has 0 radical (unpaired) electrons. The number of aliphatic hydroxyl groups is 1. The summed E-state index contributed by atoms with van der Waals surface area (Å²) in [6.07, 6.45) is 1.50. The van der Waals surface area contributed by atoms with E-state index in [1.807, 2.05) is 19.1 Å². The molecule has 150 valence electrons. The second-order valence-corrected chi connectivity index (χ2v) is 7.51. The first-order valence-electron chi connectivity index (χ1n) is 9.68. The summed E-state index contributed by atoms with van der Waals surface area (Å²) in [6, 6.07) is 11.9. The van der Waals surface area contributed by atoms with Crippen molar-refractivity contribution in [2.45, 2.75) is 31.9 Å². The monoisotopic (exact) mass is 395 g/mol. The maximum Gasteiger partial charge on any atom is 0.295 e. The number of carbonyl (C=O) groups excluding carboxylic acids is 2. The van der Waals surface area contributed by atoms with Crippen molar-refractivity contribution in [2.24, 2.45) is 0 Å². The Morgan fingerprint density at radius 1 is 1.21 bits per heavy atom. The Morgan fingerprint density at radius 3 is 2.62 bits per heavy atom. The zero-order chi connectivity index (χ0) is 20.5. The molecule has 2 atom stereocenters. The highest BCUT2D eigenvalue weighted by atomic mass is 19.1. The van der Waals surface area contributed by atoms with Gasteiger partial charge in [0, 0.05) is 18.7 Å². The third kappa shape index (κ3) is 3.68. The molecule has 0 unspecified atom stereocenters. The van der Waals surface area contributed by atoms with Gasteiger partial charge in [-0.3, -0.25) is 9.59 Å². The number of likely N-dealkylation sites (tertiary alicyclic amines) is 1. The summed E-state index contributed by atoms with van der Waals surface area (Å²) < 4.78 is 19.6. The molecule has 0 aliphatic carbocycles. The van der Waals surface area contributed by atoms with Gasteiger partial charge in [-0.15, -0.1) is 0 Å². The van der Waals surface area contributed by atoms with E-state index < -0.39 is 23.5 Å². The van der Waals surface area contributed by atoms with Crippen molar-refractivity contribution in [2.75, 3.05) is 13.2 Å². The Bertz CT molecular complexity index is 977. The van der Waals surface area contributed by atoms with E-state index in [-0.39, 0.29) is 24.0 Å². The van der Waals surface area contributed by atoms with E-state index in [2.05, 4.69) is 0 Å². The molecule has 0 bridgehead atoms. The van der Waals surface area contributed by atoms with Gasteiger partial charge < -0.3 is 14.7 Å². The van der Waals surface area contributed by atoms with Crippen LogP contribution in [0.1, 0.15) is 35.6 Å². The first kappa shape index (κ1) is 19.3. The third-order valence-corrected chi connectivity index (χ3v) is 5.45. The molecule has 2 aromatic rings. The maximum atomic E-state index is 14.0. The first-order chi connectivity index (χ1) is 14.0. The molecule has 5 nitrogen and oxygen atoms in total. The van der Waals surface area contributed by atoms with Crippen LogP contribution in [-0.2, 0) is 14.3 Å². The number of hydrogen-bond acceptors (Lipinski definition) is 4. The lowest BCUT2D eigenvalue weighted by atomic mass is 9.95. The topological polar surface area (TPSA) is 66.8 Å². The summed E-state index contributed by atoms with van der Waals surface area (Å²) in [4.78, 5) is 27.1. The number of halogens is 1. The fourth-order valence-corrected chi connectivity index (χ4v) is 3.97. The van der Waals surface area contributed by atoms with Gasteiger partial charge in [0.1, 0.15) is 11.6 Å². The van der Waals surface area contributed by atoms with Gasteiger partial charge >= 0.3 is 0 Å². The molecule has 1 amide bonds. The summed E-state index contributed by atoms with van der Waals surface area (Å²) >= 11 is 0. The summed E-state index contributed by atoms with van der Waals surface area (Å²) in [6.45, 7) is 2.75. The number of amides is 1. The summed E-state index contributed by atoms with van der Waals surface area (Å²) in [7, 11) is 0. The Hall–Kier alpha value is -2.99. The van der Waals surface area contributed by atoms with Crippen molar-refractivity contribution >= 4 is 17.4 Å². The zero-order valence-corrected chi connectivity index (χ0v) is 16.1. The predicted octanol–water partition coefficient (Wildman–Crippen LogP) is 3.73. The number of ether oxygens (including phenoxy) is 1. The highest BCUT2D eigenvalue weighted by molar-refractivity contribution is 6.46. The lowest BCUT2D eigenvalue weighted by Gasteiger charge is -2.27. The lowest BCUT2D eigenvalue weighted by molar-refractivity contribution is -0.140. The minimum Gasteiger partial charge on any atom is -0.507 e. The molecule has 2 heterocycles. The predicted molar refractivity (Wildman–Crippen MR) is 106 cm³/mol. The fraction of sp³-hybridized carbons (Fsp3) is 0.304. The van der Waals surface area contributed by atoms with Crippen LogP contribution in [-0.4, -0.2) is 41.0 Å². The molecule has 2 aliphatic heterocycles. The highest BCUT2D eigenvalue weighted by Gasteiger charge is 2.47. The number of carbonyl (C=O) groups is 2. The molecule has 0 spiro atoms. The van der Waals surface area contributed by atoms with E-state index in [0.717, 1.165) is 18.4 Å². The van der Waals surface area contributed by atoms with E-state index in [4.69, 9.17) is 4.74 Å². The second-order valence-electron chi connectivity index (χ2n) is 7.51. The number of rotatable bonds is 4. The number of hydrogen-bond donors (Lipinski definition) is 1. The van der Waals surface area contributed by atoms with Crippen molar-refractivity contribution in [3.05, 3.63) is 76.6 Å². The van der Waals surface area contributed by atoms with Crippen molar-refractivity contribution in [3.8, 4) is 0 Å². The number of ketones is 1. The Balaban J connectivity index is 1.83. The smallest absolute Gasteiger partial charge is 0.295 e. The fourth-order valence-electron chi connectivity index (χ4n) is 3.97. The third-order valence-electron chi connectivity index (χ3n) is 5.45. The van der Waals surface area contributed by atoms with Gasteiger partial charge in [-0.05, 0) is 37.5 Å². The molecule has 29 heavy (non-hydrogen) atoms. The Morgan fingerprint density at radius 2 is 1.97 bits per heavy atom. The van der Waals surface area contributed by atoms with Crippen LogP contribution in [0.2, 0.25) is 0 Å². The van der Waals surface area contributed by atoms with Gasteiger partial charge in [-0.1, -0.05) is 42.0 Å². The number of benzene rings is 2. The molecular weight excluding hydrogens is 373 g/mol. The average Bonchev–Trinajstić information content (AvgIpc) is 3.30. The summed E-state index contributed by atoms with van der Waals surface area (Å²) in [5.74, 6) is -2.20. The van der Waals surface area contributed by atoms with Crippen molar-refractivity contribution in [3.63, 3.8) is 0 Å². The largest absolute Gasteiger partial charge is 0.507 e. The normalized spacial score (nSPS) is 23.7. The summed E-state index contributed by atoms with van der Waals surface area (Å²) in [5.41, 5.74) is 1.85. The Kier molecular flexibility index (Phi) is 5.20. The SMILES string of the molecule is Cc1ccc(C(O)=C2C(=O)C(=O)N(C[C@H]3CCCO3)[C@H]2c2cccc(F)c2)cc1.